The third-order valence-electron chi connectivity index (χ3n) is 5.21. The average Bonchev–Trinajstić information content (AvgIpc) is 3.01. The molecule has 0 fully saturated rings. The lowest BCUT2D eigenvalue weighted by Crippen LogP contribution is -2.35. The summed E-state index contributed by atoms with van der Waals surface area (Å²) < 4.78 is 55.2. The molecule has 0 spiro atoms. The van der Waals surface area contributed by atoms with Gasteiger partial charge in [-0.1, -0.05) is 0 Å². The SMILES string of the molecule is CC(NS(=O)C(C)(C)C)c1ncc(Br)cc1F.N#Cc1ncc(Br)cc1[N+](=O)[O-].NC(=O)c1ncc(Br)cc1F.O=Cc1ncc(Br)cc1F. The highest BCUT2D eigenvalue weighted by molar-refractivity contribution is 9.11. The summed E-state index contributed by atoms with van der Waals surface area (Å²) in [5.41, 5.74) is 4.11. The van der Waals surface area contributed by atoms with Crippen LogP contribution in [0.1, 0.15) is 66.1 Å². The van der Waals surface area contributed by atoms with Crippen LogP contribution in [0.3, 0.4) is 0 Å². The molecule has 50 heavy (non-hydrogen) atoms. The Morgan fingerprint density at radius 3 is 1.86 bits per heavy atom. The number of halogens is 7. The monoisotopic (exact) mass is 970 g/mol. The van der Waals surface area contributed by atoms with Crippen LogP contribution < -0.4 is 10.5 Å². The van der Waals surface area contributed by atoms with Gasteiger partial charge in [0.2, 0.25) is 5.69 Å². The minimum atomic E-state index is -1.25. The summed E-state index contributed by atoms with van der Waals surface area (Å²) in [6.07, 6.45) is 5.92. The number of nitriles is 1. The topological polar surface area (TPSA) is 208 Å². The van der Waals surface area contributed by atoms with Crippen LogP contribution >= 0.6 is 63.7 Å². The van der Waals surface area contributed by atoms with Crippen LogP contribution in [0.4, 0.5) is 18.9 Å². The lowest BCUT2D eigenvalue weighted by Gasteiger charge is -2.21. The van der Waals surface area contributed by atoms with E-state index in [2.05, 4.69) is 88.4 Å². The number of nitrogens with two attached hydrogens (primary N) is 1. The van der Waals surface area contributed by atoms with Gasteiger partial charge in [0.05, 0.1) is 32.4 Å². The summed E-state index contributed by atoms with van der Waals surface area (Å²) in [7, 11) is -1.25. The van der Waals surface area contributed by atoms with Gasteiger partial charge in [-0.15, -0.1) is 0 Å². The van der Waals surface area contributed by atoms with Crippen LogP contribution in [0.2, 0.25) is 0 Å². The van der Waals surface area contributed by atoms with Gasteiger partial charge in [0.1, 0.15) is 17.6 Å². The van der Waals surface area contributed by atoms with E-state index in [1.807, 2.05) is 20.8 Å². The van der Waals surface area contributed by atoms with Crippen molar-refractivity contribution in [3.63, 3.8) is 0 Å². The normalized spacial score (nSPS) is 11.5. The maximum absolute atomic E-state index is 13.6. The summed E-state index contributed by atoms with van der Waals surface area (Å²) in [4.78, 5) is 44.7. The predicted octanol–water partition coefficient (Wildman–Crippen LogP) is 7.60. The van der Waals surface area contributed by atoms with Gasteiger partial charge in [-0.3, -0.25) is 24.7 Å². The van der Waals surface area contributed by atoms with Gasteiger partial charge in [0.25, 0.3) is 5.91 Å². The second kappa shape index (κ2) is 21.0. The summed E-state index contributed by atoms with van der Waals surface area (Å²) >= 11 is 12.2. The molecule has 0 bridgehead atoms. The highest BCUT2D eigenvalue weighted by Gasteiger charge is 2.23. The number of carbonyl (C=O) groups excluding carboxylic acids is 2. The molecule has 0 aromatic carbocycles. The van der Waals surface area contributed by atoms with Crippen molar-refractivity contribution in [2.45, 2.75) is 38.5 Å². The number of rotatable bonds is 6. The van der Waals surface area contributed by atoms with Gasteiger partial charge in [-0.25, -0.2) is 37.1 Å². The van der Waals surface area contributed by atoms with Crippen molar-refractivity contribution in [3.8, 4) is 6.07 Å². The Hall–Kier alpha value is -3.55. The van der Waals surface area contributed by atoms with Gasteiger partial charge in [0.15, 0.2) is 23.6 Å². The zero-order chi connectivity index (χ0) is 38.3. The molecule has 1 amide bonds. The van der Waals surface area contributed by atoms with E-state index >= 15 is 0 Å². The minimum absolute atomic E-state index is 0.164. The Kier molecular flexibility index (Phi) is 18.6. The fourth-order valence-corrected chi connectivity index (χ4v) is 4.91. The molecule has 0 radical (unpaired) electrons. The van der Waals surface area contributed by atoms with Crippen LogP contribution in [0, 0.1) is 38.9 Å². The number of hydrogen-bond acceptors (Lipinski definition) is 10. The molecule has 13 nitrogen and oxygen atoms in total. The zero-order valence-corrected chi connectivity index (χ0v) is 33.3. The van der Waals surface area contributed by atoms with Crippen LogP contribution in [-0.4, -0.2) is 46.0 Å². The van der Waals surface area contributed by atoms with E-state index in [9.17, 15) is 37.1 Å². The summed E-state index contributed by atoms with van der Waals surface area (Å²) in [5, 5.41) is 18.8. The number of nitrogens with zero attached hydrogens (tertiary/aromatic N) is 6. The van der Waals surface area contributed by atoms with Crippen molar-refractivity contribution in [2.75, 3.05) is 0 Å². The second-order valence-electron chi connectivity index (χ2n) is 10.1. The molecule has 4 rings (SSSR count). The highest BCUT2D eigenvalue weighted by Crippen LogP contribution is 2.21. The number of pyridine rings is 4. The Bertz CT molecular complexity index is 1920. The molecular formula is C29H25Br4F3N8O5S. The molecule has 4 aromatic heterocycles. The van der Waals surface area contributed by atoms with Crippen molar-refractivity contribution >= 4 is 92.6 Å². The number of amides is 1. The summed E-state index contributed by atoms with van der Waals surface area (Å²) in [5.74, 6) is -2.60. The summed E-state index contributed by atoms with van der Waals surface area (Å²) in [6.45, 7) is 7.31. The molecule has 2 unspecified atom stereocenters. The van der Waals surface area contributed by atoms with Crippen LogP contribution in [0.5, 0.6) is 0 Å². The van der Waals surface area contributed by atoms with E-state index in [1.54, 1.807) is 13.0 Å². The number of aromatic nitrogens is 4. The molecule has 4 aromatic rings. The fraction of sp³-hybridized carbons (Fsp3) is 0.207. The van der Waals surface area contributed by atoms with Crippen molar-refractivity contribution in [2.24, 2.45) is 5.73 Å². The second-order valence-corrected chi connectivity index (χ2v) is 15.8. The number of hydrogen-bond donors (Lipinski definition) is 2. The van der Waals surface area contributed by atoms with Crippen molar-refractivity contribution in [1.82, 2.24) is 24.7 Å². The Labute approximate surface area is 320 Å². The molecule has 3 N–H and O–H groups in total. The maximum Gasteiger partial charge on any atom is 0.306 e. The quantitative estimate of drug-likeness (QED) is 0.110. The third-order valence-corrected chi connectivity index (χ3v) is 8.63. The smallest absolute Gasteiger partial charge is 0.306 e. The van der Waals surface area contributed by atoms with Gasteiger partial charge in [-0.2, -0.15) is 5.26 Å². The largest absolute Gasteiger partial charge is 0.364 e. The number of nitro groups is 1. The van der Waals surface area contributed by atoms with Crippen molar-refractivity contribution in [3.05, 3.63) is 117 Å². The Balaban J connectivity index is 0.000000341. The van der Waals surface area contributed by atoms with E-state index in [1.165, 1.54) is 43.0 Å². The van der Waals surface area contributed by atoms with E-state index in [0.29, 0.717) is 24.2 Å². The number of carbonyl (C=O) groups is 2. The lowest BCUT2D eigenvalue weighted by molar-refractivity contribution is -0.385. The van der Waals surface area contributed by atoms with E-state index < -0.39 is 45.3 Å². The molecule has 0 aliphatic rings. The molecule has 21 heteroatoms. The molecule has 4 heterocycles. The van der Waals surface area contributed by atoms with E-state index in [4.69, 9.17) is 11.0 Å². The van der Waals surface area contributed by atoms with Crippen LogP contribution in [-0.2, 0) is 11.0 Å². The molecule has 0 saturated heterocycles. The Morgan fingerprint density at radius 2 is 1.42 bits per heavy atom. The predicted molar refractivity (Wildman–Crippen MR) is 192 cm³/mol. The van der Waals surface area contributed by atoms with E-state index in [0.717, 1.165) is 6.07 Å². The van der Waals surface area contributed by atoms with Gasteiger partial charge in [0, 0.05) is 48.7 Å². The fourth-order valence-electron chi connectivity index (χ4n) is 2.90. The molecule has 0 aliphatic heterocycles. The first-order valence-corrected chi connectivity index (χ1v) is 17.6. The maximum atomic E-state index is 13.6. The first-order chi connectivity index (χ1) is 23.2. The first kappa shape index (κ1) is 44.5. The molecule has 266 valence electrons. The number of nitrogens with one attached hydrogen (secondary N) is 1. The zero-order valence-electron chi connectivity index (χ0n) is 26.1. The van der Waals surface area contributed by atoms with Crippen molar-refractivity contribution < 1.29 is 31.9 Å². The van der Waals surface area contributed by atoms with E-state index in [-0.39, 0.29) is 33.2 Å². The molecular weight excluding hydrogens is 949 g/mol. The molecule has 2 atom stereocenters. The van der Waals surface area contributed by atoms with Crippen LogP contribution in [0.25, 0.3) is 0 Å². The van der Waals surface area contributed by atoms with Crippen molar-refractivity contribution in [1.29, 1.82) is 5.26 Å². The standard InChI is InChI=1S/C11H16BrFN2OS.C6H4BrFN2O.C6H3BrFNO.C6H2BrN3O2/c1-7(15-17(16)11(2,3)4)10-9(13)5-8(12)6-14-10;7-3-1-4(8)5(6(9)11)10-2-3;7-4-1-5(8)6(3-10)9-2-4;7-4-1-6(10(11)12)5(2-8)9-3-4/h5-7,15H,1-4H3;1-2H,(H2,9,11);1-3H;1,3H. The first-order valence-electron chi connectivity index (χ1n) is 13.3. The van der Waals surface area contributed by atoms with Gasteiger partial charge >= 0.3 is 5.69 Å². The lowest BCUT2D eigenvalue weighted by atomic mass is 10.2. The molecule has 0 aliphatic carbocycles. The third kappa shape index (κ3) is 15.1. The summed E-state index contributed by atoms with van der Waals surface area (Å²) in [6, 6.07) is 6.14. The molecule has 0 saturated carbocycles. The van der Waals surface area contributed by atoms with Crippen LogP contribution in [0.15, 0.2) is 66.9 Å². The Morgan fingerprint density at radius 1 is 0.940 bits per heavy atom. The van der Waals surface area contributed by atoms with Gasteiger partial charge < -0.3 is 5.73 Å². The number of aldehydes is 1. The number of primary amides is 1. The minimum Gasteiger partial charge on any atom is -0.364 e. The highest BCUT2D eigenvalue weighted by atomic mass is 79.9. The average molecular weight is 974 g/mol. The van der Waals surface area contributed by atoms with Gasteiger partial charge in [-0.05, 0) is 110 Å².